The van der Waals surface area contributed by atoms with E-state index in [9.17, 15) is 4.79 Å². The summed E-state index contributed by atoms with van der Waals surface area (Å²) < 4.78 is 10.6. The van der Waals surface area contributed by atoms with Gasteiger partial charge in [0.2, 0.25) is 12.7 Å². The van der Waals surface area contributed by atoms with Crippen molar-refractivity contribution in [3.05, 3.63) is 64.7 Å². The number of rotatable bonds is 4. The molecule has 0 radical (unpaired) electrons. The number of amides is 1. The Morgan fingerprint density at radius 1 is 1.22 bits per heavy atom. The normalized spacial score (nSPS) is 12.6. The van der Waals surface area contributed by atoms with Crippen LogP contribution in [0, 0.1) is 0 Å². The van der Waals surface area contributed by atoms with E-state index in [0.29, 0.717) is 17.3 Å². The Bertz CT molecular complexity index is 758. The number of likely N-dealkylation sites (N-methyl/N-ethyl adjacent to an activating group) is 1. The highest BCUT2D eigenvalue weighted by atomic mass is 35.5. The lowest BCUT2D eigenvalue weighted by Crippen LogP contribution is -2.24. The Balaban J connectivity index is 1.63. The van der Waals surface area contributed by atoms with Gasteiger partial charge in [0, 0.05) is 24.7 Å². The number of carbonyl (C=O) groups is 1. The fourth-order valence-electron chi connectivity index (χ4n) is 2.30. The zero-order valence-corrected chi connectivity index (χ0v) is 13.4. The van der Waals surface area contributed by atoms with Crippen molar-refractivity contribution in [3.8, 4) is 11.5 Å². The summed E-state index contributed by atoms with van der Waals surface area (Å²) in [5, 5.41) is 0.666. The Morgan fingerprint density at radius 3 is 2.87 bits per heavy atom. The van der Waals surface area contributed by atoms with Gasteiger partial charge in [-0.25, -0.2) is 0 Å². The molecule has 2 aromatic rings. The summed E-state index contributed by atoms with van der Waals surface area (Å²) in [5.41, 5.74) is 1.88. The molecule has 3 rings (SSSR count). The van der Waals surface area contributed by atoms with E-state index in [1.54, 1.807) is 24.1 Å². The fourth-order valence-corrected chi connectivity index (χ4v) is 2.51. The summed E-state index contributed by atoms with van der Waals surface area (Å²) in [6, 6.07) is 13.1. The summed E-state index contributed by atoms with van der Waals surface area (Å²) in [4.78, 5) is 13.8. The Hall–Kier alpha value is -2.46. The number of nitrogens with zero attached hydrogens (tertiary/aromatic N) is 1. The largest absolute Gasteiger partial charge is 0.454 e. The van der Waals surface area contributed by atoms with Crippen LogP contribution in [0.2, 0.25) is 5.02 Å². The molecule has 0 atom stereocenters. The molecule has 0 aliphatic carbocycles. The van der Waals surface area contributed by atoms with Crippen LogP contribution in [0.25, 0.3) is 6.08 Å². The monoisotopic (exact) mass is 329 g/mol. The Labute approximate surface area is 139 Å². The van der Waals surface area contributed by atoms with Gasteiger partial charge in [0.15, 0.2) is 11.5 Å². The number of ether oxygens (including phenoxy) is 2. The molecule has 0 bridgehead atoms. The fraction of sp³-hybridized carbons (Fsp3) is 0.167. The van der Waals surface area contributed by atoms with E-state index in [1.165, 1.54) is 0 Å². The molecule has 0 saturated heterocycles. The van der Waals surface area contributed by atoms with E-state index in [-0.39, 0.29) is 12.7 Å². The third-order valence-corrected chi connectivity index (χ3v) is 3.74. The summed E-state index contributed by atoms with van der Waals surface area (Å²) in [7, 11) is 1.76. The summed E-state index contributed by atoms with van der Waals surface area (Å²) >= 11 is 5.96. The van der Waals surface area contributed by atoms with E-state index in [1.807, 2.05) is 42.5 Å². The summed E-state index contributed by atoms with van der Waals surface area (Å²) in [6.07, 6.45) is 3.31. The van der Waals surface area contributed by atoms with Crippen molar-refractivity contribution in [1.29, 1.82) is 0 Å². The second-order valence-electron chi connectivity index (χ2n) is 5.27. The molecule has 1 aliphatic heterocycles. The second kappa shape index (κ2) is 6.75. The van der Waals surface area contributed by atoms with Crippen LogP contribution in [0.4, 0.5) is 0 Å². The van der Waals surface area contributed by atoms with Crippen molar-refractivity contribution in [2.24, 2.45) is 0 Å². The van der Waals surface area contributed by atoms with Gasteiger partial charge >= 0.3 is 0 Å². The molecule has 0 unspecified atom stereocenters. The first kappa shape index (κ1) is 15.4. The van der Waals surface area contributed by atoms with Crippen molar-refractivity contribution >= 4 is 23.6 Å². The number of halogens is 1. The van der Waals surface area contributed by atoms with E-state index < -0.39 is 0 Å². The zero-order valence-electron chi connectivity index (χ0n) is 12.7. The molecular formula is C18H16ClNO3. The molecule has 23 heavy (non-hydrogen) atoms. The molecular weight excluding hydrogens is 314 g/mol. The topological polar surface area (TPSA) is 38.8 Å². The van der Waals surface area contributed by atoms with Gasteiger partial charge in [0.1, 0.15) is 0 Å². The maximum Gasteiger partial charge on any atom is 0.246 e. The van der Waals surface area contributed by atoms with Gasteiger partial charge in [-0.05, 0) is 41.5 Å². The smallest absolute Gasteiger partial charge is 0.246 e. The van der Waals surface area contributed by atoms with Crippen LogP contribution in [0.1, 0.15) is 11.1 Å². The number of hydrogen-bond donors (Lipinski definition) is 0. The molecule has 4 nitrogen and oxygen atoms in total. The van der Waals surface area contributed by atoms with E-state index in [4.69, 9.17) is 21.1 Å². The minimum atomic E-state index is -0.0809. The molecule has 1 amide bonds. The predicted octanol–water partition coefficient (Wildman–Crippen LogP) is 3.74. The number of benzene rings is 2. The van der Waals surface area contributed by atoms with Gasteiger partial charge in [-0.3, -0.25) is 4.79 Å². The standard InChI is InChI=1S/C18H16ClNO3/c1-20(11-14-3-2-4-15(19)9-14)18(21)8-6-13-5-7-16-17(10-13)23-12-22-16/h2-10H,11-12H2,1H3/b8-6+. The SMILES string of the molecule is CN(Cc1cccc(Cl)c1)C(=O)/C=C/c1ccc2c(c1)OCO2. The van der Waals surface area contributed by atoms with Crippen LogP contribution >= 0.6 is 11.6 Å². The minimum absolute atomic E-state index is 0.0809. The van der Waals surface area contributed by atoms with Gasteiger partial charge < -0.3 is 14.4 Å². The highest BCUT2D eigenvalue weighted by Gasteiger charge is 2.12. The Kier molecular flexibility index (Phi) is 4.53. The van der Waals surface area contributed by atoms with Crippen LogP contribution in [-0.2, 0) is 11.3 Å². The first-order valence-corrected chi connectivity index (χ1v) is 7.57. The van der Waals surface area contributed by atoms with Gasteiger partial charge in [-0.1, -0.05) is 29.8 Å². The quantitative estimate of drug-likeness (QED) is 0.802. The molecule has 0 aromatic heterocycles. The van der Waals surface area contributed by atoms with Gasteiger partial charge in [-0.2, -0.15) is 0 Å². The highest BCUT2D eigenvalue weighted by molar-refractivity contribution is 6.30. The number of fused-ring (bicyclic) bond motifs is 1. The lowest BCUT2D eigenvalue weighted by molar-refractivity contribution is -0.125. The zero-order chi connectivity index (χ0) is 16.2. The van der Waals surface area contributed by atoms with E-state index in [0.717, 1.165) is 16.9 Å². The predicted molar refractivity (Wildman–Crippen MR) is 89.5 cm³/mol. The van der Waals surface area contributed by atoms with Crippen molar-refractivity contribution in [2.45, 2.75) is 6.54 Å². The van der Waals surface area contributed by atoms with E-state index in [2.05, 4.69) is 0 Å². The minimum Gasteiger partial charge on any atom is -0.454 e. The van der Waals surface area contributed by atoms with Crippen molar-refractivity contribution < 1.29 is 14.3 Å². The maximum atomic E-state index is 12.2. The van der Waals surface area contributed by atoms with Crippen molar-refractivity contribution in [3.63, 3.8) is 0 Å². The van der Waals surface area contributed by atoms with Crippen molar-refractivity contribution in [2.75, 3.05) is 13.8 Å². The number of carbonyl (C=O) groups excluding carboxylic acids is 1. The molecule has 0 spiro atoms. The van der Waals surface area contributed by atoms with Gasteiger partial charge in [0.05, 0.1) is 0 Å². The van der Waals surface area contributed by atoms with Crippen LogP contribution in [0.5, 0.6) is 11.5 Å². The highest BCUT2D eigenvalue weighted by Crippen LogP contribution is 2.32. The molecule has 1 aliphatic rings. The average Bonchev–Trinajstić information content (AvgIpc) is 3.00. The molecule has 5 heteroatoms. The van der Waals surface area contributed by atoms with Crippen molar-refractivity contribution in [1.82, 2.24) is 4.90 Å². The molecule has 0 fully saturated rings. The van der Waals surface area contributed by atoms with Gasteiger partial charge in [0.25, 0.3) is 0 Å². The second-order valence-corrected chi connectivity index (χ2v) is 5.71. The number of hydrogen-bond acceptors (Lipinski definition) is 3. The maximum absolute atomic E-state index is 12.2. The van der Waals surface area contributed by atoms with Crippen LogP contribution in [0.3, 0.4) is 0 Å². The molecule has 1 heterocycles. The lowest BCUT2D eigenvalue weighted by Gasteiger charge is -2.15. The summed E-state index contributed by atoms with van der Waals surface area (Å²) in [5.74, 6) is 1.35. The van der Waals surface area contributed by atoms with Crippen LogP contribution < -0.4 is 9.47 Å². The first-order chi connectivity index (χ1) is 11.1. The van der Waals surface area contributed by atoms with Crippen LogP contribution in [0.15, 0.2) is 48.5 Å². The lowest BCUT2D eigenvalue weighted by atomic mass is 10.2. The third kappa shape index (κ3) is 3.85. The third-order valence-electron chi connectivity index (χ3n) is 3.50. The average molecular weight is 330 g/mol. The van der Waals surface area contributed by atoms with Gasteiger partial charge in [-0.15, -0.1) is 0 Å². The first-order valence-electron chi connectivity index (χ1n) is 7.19. The molecule has 118 valence electrons. The van der Waals surface area contributed by atoms with Crippen LogP contribution in [-0.4, -0.2) is 24.6 Å². The Morgan fingerprint density at radius 2 is 2.04 bits per heavy atom. The molecule has 2 aromatic carbocycles. The van der Waals surface area contributed by atoms with E-state index >= 15 is 0 Å². The molecule has 0 N–H and O–H groups in total. The molecule has 0 saturated carbocycles. The summed E-state index contributed by atoms with van der Waals surface area (Å²) in [6.45, 7) is 0.745.